The van der Waals surface area contributed by atoms with Crippen LogP contribution in [0.3, 0.4) is 0 Å². The summed E-state index contributed by atoms with van der Waals surface area (Å²) in [5.74, 6) is -1.56. The molecule has 0 radical (unpaired) electrons. The van der Waals surface area contributed by atoms with Crippen LogP contribution in [0.5, 0.6) is 0 Å². The lowest BCUT2D eigenvalue weighted by Gasteiger charge is -2.37. The number of carbonyl (C=O) groups is 2. The molecular formula is C20H20FN3O4. The second-order valence-electron chi connectivity index (χ2n) is 6.79. The average molecular weight is 385 g/mol. The molecule has 2 amide bonds. The van der Waals surface area contributed by atoms with Crippen molar-refractivity contribution in [3.63, 3.8) is 0 Å². The molecule has 2 aromatic rings. The standard InChI is InChI=1S/C20H20FN3O4/c21-15-1-3-16(4-2-15)23-18(25)17-13-14(5-8-22-17)19(26)24-9-6-20(7-10-24)27-11-12-28-20/h1-5,8,13H,6-7,9-12H2,(H,23,25). The summed E-state index contributed by atoms with van der Waals surface area (Å²) >= 11 is 0. The number of nitrogens with one attached hydrogen (secondary N) is 1. The number of hydrogen-bond acceptors (Lipinski definition) is 5. The lowest BCUT2D eigenvalue weighted by Crippen LogP contribution is -2.47. The summed E-state index contributed by atoms with van der Waals surface area (Å²) in [7, 11) is 0. The maximum absolute atomic E-state index is 13.0. The minimum Gasteiger partial charge on any atom is -0.347 e. The van der Waals surface area contributed by atoms with E-state index in [4.69, 9.17) is 9.47 Å². The summed E-state index contributed by atoms with van der Waals surface area (Å²) < 4.78 is 24.3. The molecule has 8 heteroatoms. The maximum atomic E-state index is 13.0. The number of likely N-dealkylation sites (tertiary alicyclic amines) is 1. The predicted octanol–water partition coefficient (Wildman–Crippen LogP) is 2.45. The van der Waals surface area contributed by atoms with E-state index < -0.39 is 11.7 Å². The quantitative estimate of drug-likeness (QED) is 0.878. The van der Waals surface area contributed by atoms with E-state index in [0.717, 1.165) is 0 Å². The smallest absolute Gasteiger partial charge is 0.274 e. The van der Waals surface area contributed by atoms with E-state index in [1.807, 2.05) is 0 Å². The first kappa shape index (κ1) is 18.5. The Kier molecular flexibility index (Phi) is 5.06. The molecule has 2 aliphatic rings. The molecule has 2 saturated heterocycles. The fourth-order valence-electron chi connectivity index (χ4n) is 3.43. The summed E-state index contributed by atoms with van der Waals surface area (Å²) in [6.07, 6.45) is 2.69. The highest BCUT2D eigenvalue weighted by molar-refractivity contribution is 6.04. The number of carbonyl (C=O) groups excluding carboxylic acids is 2. The fraction of sp³-hybridized carbons (Fsp3) is 0.350. The lowest BCUT2D eigenvalue weighted by molar-refractivity contribution is -0.181. The first-order valence-corrected chi connectivity index (χ1v) is 9.15. The van der Waals surface area contributed by atoms with E-state index in [1.54, 1.807) is 11.0 Å². The largest absolute Gasteiger partial charge is 0.347 e. The third-order valence-electron chi connectivity index (χ3n) is 4.97. The molecule has 7 nitrogen and oxygen atoms in total. The molecule has 1 N–H and O–H groups in total. The van der Waals surface area contributed by atoms with Crippen molar-refractivity contribution in [2.24, 2.45) is 0 Å². The Morgan fingerprint density at radius 2 is 1.75 bits per heavy atom. The Hall–Kier alpha value is -2.84. The van der Waals surface area contributed by atoms with Crippen molar-refractivity contribution in [2.75, 3.05) is 31.6 Å². The zero-order valence-electron chi connectivity index (χ0n) is 15.2. The molecule has 3 heterocycles. The number of hydrogen-bond donors (Lipinski definition) is 1. The number of anilines is 1. The van der Waals surface area contributed by atoms with Gasteiger partial charge < -0.3 is 19.7 Å². The second-order valence-corrected chi connectivity index (χ2v) is 6.79. The normalized spacial score (nSPS) is 18.2. The molecule has 0 atom stereocenters. The molecule has 0 aliphatic carbocycles. The van der Waals surface area contributed by atoms with Crippen LogP contribution in [0.2, 0.25) is 0 Å². The Morgan fingerprint density at radius 3 is 2.43 bits per heavy atom. The van der Waals surface area contributed by atoms with Crippen molar-refractivity contribution in [1.82, 2.24) is 9.88 Å². The molecule has 2 aliphatic heterocycles. The number of piperidine rings is 1. The highest BCUT2D eigenvalue weighted by atomic mass is 19.1. The average Bonchev–Trinajstić information content (AvgIpc) is 3.18. The van der Waals surface area contributed by atoms with Gasteiger partial charge in [0.2, 0.25) is 0 Å². The molecule has 1 spiro atoms. The van der Waals surface area contributed by atoms with E-state index in [0.29, 0.717) is 50.4 Å². The molecule has 0 bridgehead atoms. The number of pyridine rings is 1. The van der Waals surface area contributed by atoms with Crippen LogP contribution >= 0.6 is 0 Å². The number of ether oxygens (including phenoxy) is 2. The topological polar surface area (TPSA) is 80.8 Å². The number of benzene rings is 1. The molecule has 0 unspecified atom stereocenters. The van der Waals surface area contributed by atoms with Gasteiger partial charge in [-0.3, -0.25) is 14.6 Å². The van der Waals surface area contributed by atoms with Crippen molar-refractivity contribution in [3.8, 4) is 0 Å². The van der Waals surface area contributed by atoms with E-state index in [1.165, 1.54) is 36.5 Å². The number of aromatic nitrogens is 1. The van der Waals surface area contributed by atoms with E-state index in [-0.39, 0.29) is 17.4 Å². The highest BCUT2D eigenvalue weighted by Gasteiger charge is 2.40. The summed E-state index contributed by atoms with van der Waals surface area (Å²) in [6, 6.07) is 8.48. The van der Waals surface area contributed by atoms with Gasteiger partial charge in [-0.25, -0.2) is 4.39 Å². The van der Waals surface area contributed by atoms with Crippen LogP contribution in [0.15, 0.2) is 42.6 Å². The van der Waals surface area contributed by atoms with Crippen molar-refractivity contribution < 1.29 is 23.5 Å². The van der Waals surface area contributed by atoms with Gasteiger partial charge in [0.25, 0.3) is 11.8 Å². The Morgan fingerprint density at radius 1 is 1.07 bits per heavy atom. The van der Waals surface area contributed by atoms with Crippen LogP contribution < -0.4 is 5.32 Å². The van der Waals surface area contributed by atoms with Gasteiger partial charge in [-0.15, -0.1) is 0 Å². The van der Waals surface area contributed by atoms with Gasteiger partial charge >= 0.3 is 0 Å². The summed E-state index contributed by atoms with van der Waals surface area (Å²) in [5.41, 5.74) is 0.956. The molecule has 1 aromatic heterocycles. The fourth-order valence-corrected chi connectivity index (χ4v) is 3.43. The summed E-state index contributed by atoms with van der Waals surface area (Å²) in [4.78, 5) is 31.0. The van der Waals surface area contributed by atoms with Gasteiger partial charge in [-0.2, -0.15) is 0 Å². The highest BCUT2D eigenvalue weighted by Crippen LogP contribution is 2.31. The van der Waals surface area contributed by atoms with Crippen LogP contribution in [0, 0.1) is 5.82 Å². The molecule has 1 aromatic carbocycles. The van der Waals surface area contributed by atoms with Crippen molar-refractivity contribution in [1.29, 1.82) is 0 Å². The summed E-state index contributed by atoms with van der Waals surface area (Å²) in [5, 5.41) is 2.64. The molecule has 28 heavy (non-hydrogen) atoms. The minimum atomic E-state index is -0.546. The number of rotatable bonds is 3. The van der Waals surface area contributed by atoms with Crippen LogP contribution in [0.1, 0.15) is 33.7 Å². The SMILES string of the molecule is O=C(Nc1ccc(F)cc1)c1cc(C(=O)N2CCC3(CC2)OCCO3)ccn1. The zero-order chi connectivity index (χ0) is 19.6. The van der Waals surface area contributed by atoms with E-state index in [2.05, 4.69) is 10.3 Å². The first-order chi connectivity index (χ1) is 13.5. The molecule has 2 fully saturated rings. The molecular weight excluding hydrogens is 365 g/mol. The first-order valence-electron chi connectivity index (χ1n) is 9.15. The maximum Gasteiger partial charge on any atom is 0.274 e. The number of amides is 2. The van der Waals surface area contributed by atoms with Gasteiger partial charge in [0, 0.05) is 43.4 Å². The summed E-state index contributed by atoms with van der Waals surface area (Å²) in [6.45, 7) is 2.23. The van der Waals surface area contributed by atoms with Crippen LogP contribution in [0.25, 0.3) is 0 Å². The van der Waals surface area contributed by atoms with E-state index in [9.17, 15) is 14.0 Å². The van der Waals surface area contributed by atoms with Crippen molar-refractivity contribution in [2.45, 2.75) is 18.6 Å². The Labute approximate surface area is 161 Å². The lowest BCUT2D eigenvalue weighted by atomic mass is 10.0. The zero-order valence-corrected chi connectivity index (χ0v) is 15.2. The molecule has 146 valence electrons. The van der Waals surface area contributed by atoms with Crippen molar-refractivity contribution >= 4 is 17.5 Å². The Bertz CT molecular complexity index is 871. The third-order valence-corrected chi connectivity index (χ3v) is 4.97. The monoisotopic (exact) mass is 385 g/mol. The van der Waals surface area contributed by atoms with Gasteiger partial charge in [-0.1, -0.05) is 0 Å². The van der Waals surface area contributed by atoms with Gasteiger partial charge in [0.1, 0.15) is 11.5 Å². The van der Waals surface area contributed by atoms with Gasteiger partial charge in [0.05, 0.1) is 13.2 Å². The predicted molar refractivity (Wildman–Crippen MR) is 98.4 cm³/mol. The van der Waals surface area contributed by atoms with Crippen LogP contribution in [-0.4, -0.2) is 53.8 Å². The van der Waals surface area contributed by atoms with Crippen LogP contribution in [0.4, 0.5) is 10.1 Å². The van der Waals surface area contributed by atoms with E-state index >= 15 is 0 Å². The van der Waals surface area contributed by atoms with Crippen LogP contribution in [-0.2, 0) is 9.47 Å². The number of halogens is 1. The van der Waals surface area contributed by atoms with Crippen molar-refractivity contribution in [3.05, 3.63) is 59.7 Å². The minimum absolute atomic E-state index is 0.117. The molecule has 0 saturated carbocycles. The third kappa shape index (κ3) is 3.88. The van der Waals surface area contributed by atoms with Gasteiger partial charge in [-0.05, 0) is 36.4 Å². The Balaban J connectivity index is 1.42. The van der Waals surface area contributed by atoms with Gasteiger partial charge in [0.15, 0.2) is 5.79 Å². The number of nitrogens with zero attached hydrogens (tertiary/aromatic N) is 2. The molecule has 4 rings (SSSR count). The second kappa shape index (κ2) is 7.65.